The quantitative estimate of drug-likeness (QED) is 0.791. The van der Waals surface area contributed by atoms with Crippen LogP contribution in [0.3, 0.4) is 0 Å². The Morgan fingerprint density at radius 3 is 2.84 bits per heavy atom. The first kappa shape index (κ1) is 13.3. The molecule has 102 valence electrons. The molecule has 0 aromatic carbocycles. The maximum absolute atomic E-state index is 12.1. The molecule has 1 aromatic rings. The number of pyridine rings is 1. The normalized spacial score (nSPS) is 19.0. The summed E-state index contributed by atoms with van der Waals surface area (Å²) in [5.41, 5.74) is 5.10. The Hall–Kier alpha value is -2.15. The lowest BCUT2D eigenvalue weighted by atomic mass is 10.1. The Bertz CT molecular complexity index is 474. The number of ether oxygens (including phenoxy) is 1. The number of amides is 2. The van der Waals surface area contributed by atoms with Crippen molar-refractivity contribution >= 4 is 12.0 Å². The number of primary amides is 1. The Kier molecular flexibility index (Phi) is 3.96. The van der Waals surface area contributed by atoms with Crippen LogP contribution in [-0.2, 0) is 0 Å². The number of nitrogens with two attached hydrogens (primary N) is 1. The van der Waals surface area contributed by atoms with Crippen LogP contribution in [0.5, 0.6) is 5.75 Å². The molecule has 0 aliphatic carbocycles. The van der Waals surface area contributed by atoms with Gasteiger partial charge < -0.3 is 20.5 Å². The first-order chi connectivity index (χ1) is 9.06. The van der Waals surface area contributed by atoms with Gasteiger partial charge in [0.05, 0.1) is 12.3 Å². The number of aromatic nitrogens is 1. The highest BCUT2D eigenvalue weighted by Gasteiger charge is 2.23. The number of hydrogen-bond donors (Lipinski definition) is 2. The number of carbonyl (C=O) groups excluding carboxylic acids is 2. The summed E-state index contributed by atoms with van der Waals surface area (Å²) in [5.74, 6) is -0.0629. The minimum absolute atomic E-state index is 0.183. The molecular weight excluding hydrogens is 250 g/mol. The zero-order valence-electron chi connectivity index (χ0n) is 10.3. The predicted molar refractivity (Wildman–Crippen MR) is 65.6 cm³/mol. The van der Waals surface area contributed by atoms with Gasteiger partial charge in [0.15, 0.2) is 5.75 Å². The van der Waals surface area contributed by atoms with E-state index < -0.39 is 12.2 Å². The van der Waals surface area contributed by atoms with Crippen molar-refractivity contribution in [2.24, 2.45) is 5.73 Å². The van der Waals surface area contributed by atoms with E-state index in [0.29, 0.717) is 19.5 Å². The number of β-amino-alcohol motifs (C(OH)–C–C–N with tert-alkyl or cyclic N) is 1. The van der Waals surface area contributed by atoms with Gasteiger partial charge in [0, 0.05) is 13.1 Å². The van der Waals surface area contributed by atoms with Gasteiger partial charge in [-0.25, -0.2) is 9.78 Å². The molecule has 0 radical (unpaired) electrons. The molecule has 7 nitrogen and oxygen atoms in total. The van der Waals surface area contributed by atoms with Crippen LogP contribution in [0.15, 0.2) is 18.3 Å². The highest BCUT2D eigenvalue weighted by atomic mass is 16.5. The molecule has 1 aliphatic heterocycles. The van der Waals surface area contributed by atoms with E-state index in [0.717, 1.165) is 6.42 Å². The van der Waals surface area contributed by atoms with Gasteiger partial charge in [-0.05, 0) is 25.0 Å². The summed E-state index contributed by atoms with van der Waals surface area (Å²) in [7, 11) is 0. The third kappa shape index (κ3) is 3.41. The number of nitrogens with zero attached hydrogens (tertiary/aromatic N) is 2. The number of aliphatic hydroxyl groups is 1. The predicted octanol–water partition coefficient (Wildman–Crippen LogP) is 0.136. The van der Waals surface area contributed by atoms with Crippen LogP contribution in [0.25, 0.3) is 0 Å². The fraction of sp³-hybridized carbons (Fsp3) is 0.417. The maximum atomic E-state index is 12.1. The summed E-state index contributed by atoms with van der Waals surface area (Å²) in [6.07, 6.45) is 1.34. The van der Waals surface area contributed by atoms with Crippen molar-refractivity contribution < 1.29 is 19.4 Å². The zero-order valence-corrected chi connectivity index (χ0v) is 10.3. The van der Waals surface area contributed by atoms with Crippen molar-refractivity contribution in [1.29, 1.82) is 0 Å². The van der Waals surface area contributed by atoms with E-state index in [9.17, 15) is 14.7 Å². The lowest BCUT2D eigenvalue weighted by molar-refractivity contribution is 0.0469. The first-order valence-electron chi connectivity index (χ1n) is 5.97. The topological polar surface area (TPSA) is 106 Å². The van der Waals surface area contributed by atoms with Crippen molar-refractivity contribution in [3.05, 3.63) is 24.0 Å². The van der Waals surface area contributed by atoms with Crippen LogP contribution < -0.4 is 10.5 Å². The third-order valence-corrected chi connectivity index (χ3v) is 2.86. The van der Waals surface area contributed by atoms with Gasteiger partial charge in [-0.2, -0.15) is 0 Å². The number of piperidine rings is 1. The minimum atomic E-state index is -0.931. The van der Waals surface area contributed by atoms with E-state index in [-0.39, 0.29) is 17.4 Å². The Labute approximate surface area is 110 Å². The second-order valence-electron chi connectivity index (χ2n) is 4.35. The minimum Gasteiger partial charge on any atom is -0.409 e. The summed E-state index contributed by atoms with van der Waals surface area (Å²) in [6.45, 7) is 0.928. The summed E-state index contributed by atoms with van der Waals surface area (Å²) >= 11 is 0. The highest BCUT2D eigenvalue weighted by molar-refractivity contribution is 5.92. The van der Waals surface area contributed by atoms with Gasteiger partial charge in [-0.15, -0.1) is 0 Å². The molecule has 1 fully saturated rings. The van der Waals surface area contributed by atoms with E-state index in [2.05, 4.69) is 9.72 Å². The van der Waals surface area contributed by atoms with Crippen LogP contribution >= 0.6 is 0 Å². The van der Waals surface area contributed by atoms with Gasteiger partial charge in [-0.3, -0.25) is 4.79 Å². The Morgan fingerprint density at radius 2 is 2.26 bits per heavy atom. The van der Waals surface area contributed by atoms with Gasteiger partial charge in [0.25, 0.3) is 5.91 Å². The third-order valence-electron chi connectivity index (χ3n) is 2.86. The van der Waals surface area contributed by atoms with Crippen LogP contribution in [-0.4, -0.2) is 46.2 Å². The Morgan fingerprint density at radius 1 is 1.47 bits per heavy atom. The molecule has 2 heterocycles. The molecule has 2 amide bonds. The van der Waals surface area contributed by atoms with Gasteiger partial charge in [-0.1, -0.05) is 0 Å². The highest BCUT2D eigenvalue weighted by Crippen LogP contribution is 2.14. The Balaban J connectivity index is 2.04. The fourth-order valence-electron chi connectivity index (χ4n) is 1.98. The zero-order chi connectivity index (χ0) is 13.8. The maximum Gasteiger partial charge on any atom is 0.410 e. The van der Waals surface area contributed by atoms with Crippen LogP contribution in [0.1, 0.15) is 23.3 Å². The molecule has 2 rings (SSSR count). The van der Waals surface area contributed by atoms with Crippen molar-refractivity contribution in [1.82, 2.24) is 9.88 Å². The van der Waals surface area contributed by atoms with Crippen molar-refractivity contribution in [3.63, 3.8) is 0 Å². The van der Waals surface area contributed by atoms with Gasteiger partial charge in [0.2, 0.25) is 0 Å². The molecule has 3 N–H and O–H groups in total. The van der Waals surface area contributed by atoms with E-state index in [1.165, 1.54) is 18.3 Å². The van der Waals surface area contributed by atoms with Crippen molar-refractivity contribution in [3.8, 4) is 5.75 Å². The lowest BCUT2D eigenvalue weighted by Gasteiger charge is -2.29. The van der Waals surface area contributed by atoms with Crippen LogP contribution in [0, 0.1) is 0 Å². The molecule has 0 spiro atoms. The van der Waals surface area contributed by atoms with Gasteiger partial charge >= 0.3 is 6.09 Å². The molecule has 19 heavy (non-hydrogen) atoms. The average molecular weight is 265 g/mol. The molecule has 0 bridgehead atoms. The second kappa shape index (κ2) is 5.66. The average Bonchev–Trinajstić information content (AvgIpc) is 2.38. The van der Waals surface area contributed by atoms with E-state index in [1.807, 2.05) is 0 Å². The summed E-state index contributed by atoms with van der Waals surface area (Å²) in [4.78, 5) is 28.1. The number of hydrogen-bond acceptors (Lipinski definition) is 5. The SMILES string of the molecule is NC(=O)Oc1ccc(C(=O)N2CCC[C@H](O)C2)nc1. The number of carbonyl (C=O) groups is 2. The number of rotatable bonds is 2. The van der Waals surface area contributed by atoms with Crippen molar-refractivity contribution in [2.45, 2.75) is 18.9 Å². The van der Waals surface area contributed by atoms with Crippen LogP contribution in [0.4, 0.5) is 4.79 Å². The standard InChI is InChI=1S/C12H15N3O4/c13-12(18)19-9-3-4-10(14-6-9)11(17)15-5-1-2-8(16)7-15/h3-4,6,8,16H,1-2,5,7H2,(H2,13,18)/t8-/m0/s1. The monoisotopic (exact) mass is 265 g/mol. The van der Waals surface area contributed by atoms with E-state index >= 15 is 0 Å². The van der Waals surface area contributed by atoms with E-state index in [4.69, 9.17) is 5.73 Å². The molecule has 0 unspecified atom stereocenters. The molecular formula is C12H15N3O4. The first-order valence-corrected chi connectivity index (χ1v) is 5.97. The smallest absolute Gasteiger partial charge is 0.409 e. The second-order valence-corrected chi connectivity index (χ2v) is 4.35. The summed E-state index contributed by atoms with van der Waals surface area (Å²) < 4.78 is 4.62. The van der Waals surface area contributed by atoms with Gasteiger partial charge in [0.1, 0.15) is 5.69 Å². The fourth-order valence-corrected chi connectivity index (χ4v) is 1.98. The molecule has 0 saturated carbocycles. The summed E-state index contributed by atoms with van der Waals surface area (Å²) in [6, 6.07) is 2.91. The molecule has 1 aromatic heterocycles. The summed E-state index contributed by atoms with van der Waals surface area (Å²) in [5, 5.41) is 9.53. The molecule has 1 aliphatic rings. The number of likely N-dealkylation sites (tertiary alicyclic amines) is 1. The molecule has 7 heteroatoms. The number of aliphatic hydroxyl groups excluding tert-OH is 1. The lowest BCUT2D eigenvalue weighted by Crippen LogP contribution is -2.42. The molecule has 1 atom stereocenters. The molecule has 1 saturated heterocycles. The van der Waals surface area contributed by atoms with E-state index in [1.54, 1.807) is 4.90 Å². The largest absolute Gasteiger partial charge is 0.410 e. The van der Waals surface area contributed by atoms with Crippen LogP contribution in [0.2, 0.25) is 0 Å². The van der Waals surface area contributed by atoms with Crippen molar-refractivity contribution in [2.75, 3.05) is 13.1 Å².